The quantitative estimate of drug-likeness (QED) is 0.808. The van der Waals surface area contributed by atoms with E-state index in [0.29, 0.717) is 0 Å². The maximum atomic E-state index is 12.9. The van der Waals surface area contributed by atoms with Gasteiger partial charge in [0, 0.05) is 0 Å². The van der Waals surface area contributed by atoms with E-state index >= 15 is 0 Å². The molecule has 0 aromatic heterocycles. The van der Waals surface area contributed by atoms with Gasteiger partial charge in [-0.3, -0.25) is 4.79 Å². The van der Waals surface area contributed by atoms with Crippen molar-refractivity contribution in [1.82, 2.24) is 0 Å². The summed E-state index contributed by atoms with van der Waals surface area (Å²) in [5.41, 5.74) is 0.210. The number of alkyl halides is 1. The van der Waals surface area contributed by atoms with Crippen molar-refractivity contribution in [1.29, 1.82) is 0 Å². The molecule has 1 amide bonds. The number of hydrogen-bond acceptors (Lipinski definition) is 1. The second-order valence-corrected chi connectivity index (χ2v) is 6.47. The number of carbonyl (C=O) groups is 1. The predicted molar refractivity (Wildman–Crippen MR) is 68.1 cm³/mol. The van der Waals surface area contributed by atoms with Gasteiger partial charge in [-0.15, -0.1) is 0 Å². The van der Waals surface area contributed by atoms with Crippen molar-refractivity contribution in [3.05, 3.63) is 28.0 Å². The normalized spacial score (nSPS) is 11.4. The predicted octanol–water partition coefficient (Wildman–Crippen LogP) is 4.24. The largest absolute Gasteiger partial charge is 0.322 e. The van der Waals surface area contributed by atoms with Crippen molar-refractivity contribution in [2.24, 2.45) is 0 Å². The Morgan fingerprint density at radius 3 is 2.19 bits per heavy atom. The number of amides is 1. The van der Waals surface area contributed by atoms with E-state index in [9.17, 15) is 9.18 Å². The third-order valence-corrected chi connectivity index (χ3v) is 2.74. The van der Waals surface area contributed by atoms with E-state index in [1.807, 2.05) is 0 Å². The first kappa shape index (κ1) is 13.7. The lowest BCUT2D eigenvalue weighted by atomic mass is 10.2. The lowest BCUT2D eigenvalue weighted by Crippen LogP contribution is -2.31. The molecule has 1 aromatic carbocycles. The van der Waals surface area contributed by atoms with Crippen molar-refractivity contribution in [2.45, 2.75) is 18.2 Å². The van der Waals surface area contributed by atoms with E-state index in [0.717, 1.165) is 12.1 Å². The van der Waals surface area contributed by atoms with Crippen LogP contribution < -0.4 is 5.32 Å². The molecule has 0 saturated heterocycles. The van der Waals surface area contributed by atoms with Crippen LogP contribution in [0, 0.1) is 5.82 Å². The molecule has 16 heavy (non-hydrogen) atoms. The summed E-state index contributed by atoms with van der Waals surface area (Å²) in [5.74, 6) is -0.867. The molecule has 0 bridgehead atoms. The van der Waals surface area contributed by atoms with Crippen LogP contribution in [0.1, 0.15) is 13.8 Å². The van der Waals surface area contributed by atoms with E-state index in [4.69, 9.17) is 23.2 Å². The minimum absolute atomic E-state index is 0.0649. The van der Waals surface area contributed by atoms with Gasteiger partial charge >= 0.3 is 0 Å². The molecule has 6 heteroatoms. The zero-order valence-electron chi connectivity index (χ0n) is 8.57. The molecule has 0 aliphatic heterocycles. The average Bonchev–Trinajstić information content (AvgIpc) is 2.08. The van der Waals surface area contributed by atoms with Crippen LogP contribution in [0.3, 0.4) is 0 Å². The van der Waals surface area contributed by atoms with E-state index in [-0.39, 0.29) is 21.6 Å². The highest BCUT2D eigenvalue weighted by atomic mass is 79.9. The van der Waals surface area contributed by atoms with Crippen LogP contribution in [0.25, 0.3) is 0 Å². The maximum Gasteiger partial charge on any atom is 0.240 e. The Balaban J connectivity index is 3.03. The minimum Gasteiger partial charge on any atom is -0.322 e. The molecule has 88 valence electrons. The fourth-order valence-corrected chi connectivity index (χ4v) is 1.58. The molecule has 2 nitrogen and oxygen atoms in total. The standard InChI is InChI=1S/C10H9BrCl2FNO/c1-10(2,11)9(16)15-8-6(12)3-5(14)4-7(8)13/h3-4H,1-2H3,(H,15,16). The average molecular weight is 329 g/mol. The number of halogens is 4. The highest BCUT2D eigenvalue weighted by Crippen LogP contribution is 2.32. The van der Waals surface area contributed by atoms with Crippen molar-refractivity contribution in [2.75, 3.05) is 5.32 Å². The van der Waals surface area contributed by atoms with Gasteiger partial charge in [0.25, 0.3) is 0 Å². The summed E-state index contributed by atoms with van der Waals surface area (Å²) in [6.45, 7) is 3.35. The van der Waals surface area contributed by atoms with Gasteiger partial charge in [-0.1, -0.05) is 39.1 Å². The molecular weight excluding hydrogens is 320 g/mol. The molecule has 0 aliphatic rings. The molecule has 0 fully saturated rings. The number of hydrogen-bond donors (Lipinski definition) is 1. The van der Waals surface area contributed by atoms with Crippen LogP contribution in [0.4, 0.5) is 10.1 Å². The Bertz CT molecular complexity index is 408. The lowest BCUT2D eigenvalue weighted by Gasteiger charge is -2.17. The minimum atomic E-state index is -0.756. The van der Waals surface area contributed by atoms with Gasteiger partial charge in [-0.2, -0.15) is 0 Å². The van der Waals surface area contributed by atoms with Gasteiger partial charge in [0.1, 0.15) is 5.82 Å². The lowest BCUT2D eigenvalue weighted by molar-refractivity contribution is -0.117. The molecule has 0 atom stereocenters. The maximum absolute atomic E-state index is 12.9. The molecule has 0 unspecified atom stereocenters. The van der Waals surface area contributed by atoms with Crippen molar-refractivity contribution in [3.63, 3.8) is 0 Å². The molecule has 1 N–H and O–H groups in total. The van der Waals surface area contributed by atoms with Crippen molar-refractivity contribution < 1.29 is 9.18 Å². The molecule has 0 aliphatic carbocycles. The Morgan fingerprint density at radius 1 is 1.38 bits per heavy atom. The molecule has 0 heterocycles. The monoisotopic (exact) mass is 327 g/mol. The first-order chi connectivity index (χ1) is 7.21. The second-order valence-electron chi connectivity index (χ2n) is 3.67. The summed E-state index contributed by atoms with van der Waals surface area (Å²) in [6, 6.07) is 2.18. The summed E-state index contributed by atoms with van der Waals surface area (Å²) in [7, 11) is 0. The zero-order chi connectivity index (χ0) is 12.5. The molecule has 1 rings (SSSR count). The van der Waals surface area contributed by atoms with E-state index < -0.39 is 10.1 Å². The van der Waals surface area contributed by atoms with Crippen LogP contribution in [-0.2, 0) is 4.79 Å². The van der Waals surface area contributed by atoms with Gasteiger partial charge < -0.3 is 5.32 Å². The second kappa shape index (κ2) is 4.90. The Labute approximate surface area is 111 Å². The van der Waals surface area contributed by atoms with Crippen LogP contribution >= 0.6 is 39.1 Å². The zero-order valence-corrected chi connectivity index (χ0v) is 11.7. The smallest absolute Gasteiger partial charge is 0.240 e. The number of nitrogens with one attached hydrogen (secondary N) is 1. The van der Waals surface area contributed by atoms with Gasteiger partial charge in [0.2, 0.25) is 5.91 Å². The Kier molecular flexibility index (Phi) is 4.21. The SMILES string of the molecule is CC(C)(Br)C(=O)Nc1c(Cl)cc(F)cc1Cl. The summed E-state index contributed by atoms with van der Waals surface area (Å²) in [5, 5.41) is 2.66. The van der Waals surface area contributed by atoms with Crippen LogP contribution in [-0.4, -0.2) is 10.2 Å². The van der Waals surface area contributed by atoms with Gasteiger partial charge in [0.05, 0.1) is 20.1 Å². The van der Waals surface area contributed by atoms with Crippen molar-refractivity contribution >= 4 is 50.7 Å². The van der Waals surface area contributed by atoms with Crippen molar-refractivity contribution in [3.8, 4) is 0 Å². The van der Waals surface area contributed by atoms with E-state index in [2.05, 4.69) is 21.2 Å². The third-order valence-electron chi connectivity index (χ3n) is 1.79. The highest BCUT2D eigenvalue weighted by molar-refractivity contribution is 9.10. The topological polar surface area (TPSA) is 29.1 Å². The molecular formula is C10H9BrCl2FNO. The molecule has 0 spiro atoms. The third kappa shape index (κ3) is 3.34. The fraction of sp³-hybridized carbons (Fsp3) is 0.300. The van der Waals surface area contributed by atoms with Gasteiger partial charge in [-0.05, 0) is 26.0 Å². The number of benzene rings is 1. The van der Waals surface area contributed by atoms with Gasteiger partial charge in [0.15, 0.2) is 0 Å². The van der Waals surface area contributed by atoms with Crippen LogP contribution in [0.2, 0.25) is 10.0 Å². The summed E-state index contributed by atoms with van der Waals surface area (Å²) < 4.78 is 12.1. The van der Waals surface area contributed by atoms with E-state index in [1.165, 1.54) is 0 Å². The van der Waals surface area contributed by atoms with Gasteiger partial charge in [-0.25, -0.2) is 4.39 Å². The van der Waals surface area contributed by atoms with Crippen LogP contribution in [0.15, 0.2) is 12.1 Å². The molecule has 0 saturated carbocycles. The highest BCUT2D eigenvalue weighted by Gasteiger charge is 2.25. The first-order valence-corrected chi connectivity index (χ1v) is 5.91. The molecule has 0 radical (unpaired) electrons. The Morgan fingerprint density at radius 2 is 1.81 bits per heavy atom. The summed E-state index contributed by atoms with van der Waals surface area (Å²) in [6.07, 6.45) is 0. The summed E-state index contributed by atoms with van der Waals surface area (Å²) in [4.78, 5) is 11.7. The Hall–Kier alpha value is -0.320. The fourth-order valence-electron chi connectivity index (χ4n) is 0.924. The van der Waals surface area contributed by atoms with Crippen LogP contribution in [0.5, 0.6) is 0 Å². The number of carbonyl (C=O) groups excluding carboxylic acids is 1. The molecule has 1 aromatic rings. The van der Waals surface area contributed by atoms with E-state index in [1.54, 1.807) is 13.8 Å². The number of anilines is 1. The first-order valence-electron chi connectivity index (χ1n) is 4.36. The summed E-state index contributed by atoms with van der Waals surface area (Å²) >= 11 is 14.7. The number of rotatable bonds is 2.